The molecule has 1 atom stereocenters. The van der Waals surface area contributed by atoms with Crippen LogP contribution in [0.3, 0.4) is 0 Å². The van der Waals surface area contributed by atoms with Gasteiger partial charge in [0.15, 0.2) is 5.78 Å². The van der Waals surface area contributed by atoms with Crippen LogP contribution in [0.15, 0.2) is 30.3 Å². The molecule has 3 nitrogen and oxygen atoms in total. The summed E-state index contributed by atoms with van der Waals surface area (Å²) >= 11 is 0. The number of Topliss-reactive ketones (excluding diaryl/α,β-unsaturated/α-hetero) is 1. The van der Waals surface area contributed by atoms with Crippen LogP contribution in [0.5, 0.6) is 0 Å². The summed E-state index contributed by atoms with van der Waals surface area (Å²) in [5, 5.41) is 9.13. The molecule has 18 heavy (non-hydrogen) atoms. The maximum absolute atomic E-state index is 12.5. The van der Waals surface area contributed by atoms with Gasteiger partial charge in [-0.15, -0.1) is 0 Å². The number of benzene rings is 1. The highest BCUT2D eigenvalue weighted by Gasteiger charge is 2.26. The number of nitrogens with zero attached hydrogens (tertiary/aromatic N) is 1. The number of carbonyl (C=O) groups excluding carboxylic acids is 1. The molecule has 1 unspecified atom stereocenters. The van der Waals surface area contributed by atoms with Crippen molar-refractivity contribution >= 4 is 5.78 Å². The van der Waals surface area contributed by atoms with E-state index in [-0.39, 0.29) is 24.5 Å². The van der Waals surface area contributed by atoms with Gasteiger partial charge in [-0.1, -0.05) is 37.3 Å². The Morgan fingerprint density at radius 3 is 2.33 bits per heavy atom. The van der Waals surface area contributed by atoms with E-state index < -0.39 is 0 Å². The molecule has 0 heterocycles. The predicted molar refractivity (Wildman–Crippen MR) is 73.8 cm³/mol. The lowest BCUT2D eigenvalue weighted by Gasteiger charge is -2.33. The Bertz CT molecular complexity index is 362. The van der Waals surface area contributed by atoms with E-state index in [2.05, 4.69) is 18.7 Å². The van der Waals surface area contributed by atoms with E-state index in [1.165, 1.54) is 0 Å². The van der Waals surface area contributed by atoms with Gasteiger partial charge in [-0.25, -0.2) is 0 Å². The molecule has 1 rings (SSSR count). The summed E-state index contributed by atoms with van der Waals surface area (Å²) in [6.45, 7) is 6.73. The standard InChI is InChI=1S/C15H23NO2/c1-4-14(16(10-11-17)12(2)3)15(18)13-8-6-5-7-9-13/h5-9,12,14,17H,4,10-11H2,1-3H3. The molecule has 0 aliphatic rings. The van der Waals surface area contributed by atoms with Crippen LogP contribution in [-0.2, 0) is 0 Å². The van der Waals surface area contributed by atoms with Gasteiger partial charge in [0, 0.05) is 18.2 Å². The summed E-state index contributed by atoms with van der Waals surface area (Å²) in [6.07, 6.45) is 0.756. The number of aliphatic hydroxyl groups is 1. The van der Waals surface area contributed by atoms with E-state index in [0.717, 1.165) is 12.0 Å². The van der Waals surface area contributed by atoms with Gasteiger partial charge < -0.3 is 5.11 Å². The van der Waals surface area contributed by atoms with Crippen LogP contribution < -0.4 is 0 Å². The van der Waals surface area contributed by atoms with Crippen LogP contribution in [0.2, 0.25) is 0 Å². The van der Waals surface area contributed by atoms with E-state index in [9.17, 15) is 4.79 Å². The second-order valence-electron chi connectivity index (χ2n) is 4.71. The third-order valence-electron chi connectivity index (χ3n) is 3.17. The second-order valence-corrected chi connectivity index (χ2v) is 4.71. The van der Waals surface area contributed by atoms with Gasteiger partial charge in [0.25, 0.3) is 0 Å². The lowest BCUT2D eigenvalue weighted by Crippen LogP contribution is -2.46. The zero-order valence-corrected chi connectivity index (χ0v) is 11.5. The van der Waals surface area contributed by atoms with Crippen LogP contribution in [0.1, 0.15) is 37.6 Å². The molecule has 0 bridgehead atoms. The smallest absolute Gasteiger partial charge is 0.179 e. The maximum atomic E-state index is 12.5. The van der Waals surface area contributed by atoms with E-state index in [4.69, 9.17) is 5.11 Å². The molecule has 1 N–H and O–H groups in total. The van der Waals surface area contributed by atoms with Crippen molar-refractivity contribution in [2.75, 3.05) is 13.2 Å². The molecule has 0 spiro atoms. The minimum Gasteiger partial charge on any atom is -0.395 e. The van der Waals surface area contributed by atoms with E-state index in [1.54, 1.807) is 0 Å². The van der Waals surface area contributed by atoms with Gasteiger partial charge in [0.1, 0.15) is 0 Å². The van der Waals surface area contributed by atoms with Gasteiger partial charge >= 0.3 is 0 Å². The summed E-state index contributed by atoms with van der Waals surface area (Å²) in [5.74, 6) is 0.139. The Morgan fingerprint density at radius 1 is 1.28 bits per heavy atom. The zero-order chi connectivity index (χ0) is 13.5. The lowest BCUT2D eigenvalue weighted by molar-refractivity contribution is 0.0702. The van der Waals surface area contributed by atoms with Crippen molar-refractivity contribution < 1.29 is 9.90 Å². The molecule has 0 amide bonds. The van der Waals surface area contributed by atoms with Crippen molar-refractivity contribution in [2.45, 2.75) is 39.3 Å². The topological polar surface area (TPSA) is 40.5 Å². The third-order valence-corrected chi connectivity index (χ3v) is 3.17. The van der Waals surface area contributed by atoms with Crippen molar-refractivity contribution in [1.82, 2.24) is 4.90 Å². The molecule has 100 valence electrons. The number of hydrogen-bond acceptors (Lipinski definition) is 3. The highest BCUT2D eigenvalue weighted by atomic mass is 16.3. The van der Waals surface area contributed by atoms with E-state index in [1.807, 2.05) is 37.3 Å². The van der Waals surface area contributed by atoms with Gasteiger partial charge in [-0.05, 0) is 20.3 Å². The molecular weight excluding hydrogens is 226 g/mol. The number of ketones is 1. The van der Waals surface area contributed by atoms with Gasteiger partial charge in [-0.3, -0.25) is 9.69 Å². The fourth-order valence-electron chi connectivity index (χ4n) is 2.25. The Kier molecular flexibility index (Phi) is 6.02. The van der Waals surface area contributed by atoms with E-state index >= 15 is 0 Å². The van der Waals surface area contributed by atoms with Crippen LogP contribution in [-0.4, -0.2) is 41.0 Å². The largest absolute Gasteiger partial charge is 0.395 e. The van der Waals surface area contributed by atoms with Crippen LogP contribution in [0, 0.1) is 0 Å². The van der Waals surface area contributed by atoms with Crippen LogP contribution in [0.4, 0.5) is 0 Å². The minimum atomic E-state index is -0.153. The van der Waals surface area contributed by atoms with Crippen molar-refractivity contribution in [3.63, 3.8) is 0 Å². The molecule has 0 aliphatic heterocycles. The first-order chi connectivity index (χ1) is 8.61. The predicted octanol–water partition coefficient (Wildman–Crippen LogP) is 2.35. The number of rotatable bonds is 7. The number of aliphatic hydroxyl groups excluding tert-OH is 1. The average Bonchev–Trinajstić information content (AvgIpc) is 2.39. The lowest BCUT2D eigenvalue weighted by atomic mass is 9.99. The monoisotopic (exact) mass is 249 g/mol. The Balaban J connectivity index is 2.91. The average molecular weight is 249 g/mol. The summed E-state index contributed by atoms with van der Waals surface area (Å²) in [4.78, 5) is 14.5. The first kappa shape index (κ1) is 14.9. The summed E-state index contributed by atoms with van der Waals surface area (Å²) in [5.41, 5.74) is 0.743. The van der Waals surface area contributed by atoms with Crippen molar-refractivity contribution in [3.8, 4) is 0 Å². The molecule has 3 heteroatoms. The Hall–Kier alpha value is -1.19. The van der Waals surface area contributed by atoms with Crippen molar-refractivity contribution in [1.29, 1.82) is 0 Å². The molecule has 0 aliphatic carbocycles. The first-order valence-corrected chi connectivity index (χ1v) is 6.57. The van der Waals surface area contributed by atoms with Crippen molar-refractivity contribution in [2.24, 2.45) is 0 Å². The molecular formula is C15H23NO2. The van der Waals surface area contributed by atoms with Crippen LogP contribution in [0.25, 0.3) is 0 Å². The summed E-state index contributed by atoms with van der Waals surface area (Å²) in [6, 6.07) is 9.46. The van der Waals surface area contributed by atoms with Gasteiger partial charge in [0.2, 0.25) is 0 Å². The van der Waals surface area contributed by atoms with E-state index in [0.29, 0.717) is 6.54 Å². The third kappa shape index (κ3) is 3.65. The fraction of sp³-hybridized carbons (Fsp3) is 0.533. The SMILES string of the molecule is CCC(C(=O)c1ccccc1)N(CCO)C(C)C. The Morgan fingerprint density at radius 2 is 1.89 bits per heavy atom. The number of hydrogen-bond donors (Lipinski definition) is 1. The molecule has 0 aromatic heterocycles. The molecule has 0 saturated heterocycles. The first-order valence-electron chi connectivity index (χ1n) is 6.57. The molecule has 0 saturated carbocycles. The summed E-state index contributed by atoms with van der Waals surface area (Å²) < 4.78 is 0. The molecule has 0 fully saturated rings. The molecule has 1 aromatic carbocycles. The maximum Gasteiger partial charge on any atom is 0.179 e. The zero-order valence-electron chi connectivity index (χ0n) is 11.5. The van der Waals surface area contributed by atoms with Crippen molar-refractivity contribution in [3.05, 3.63) is 35.9 Å². The fourth-order valence-corrected chi connectivity index (χ4v) is 2.25. The minimum absolute atomic E-state index is 0.0801. The second kappa shape index (κ2) is 7.29. The normalized spacial score (nSPS) is 13.0. The van der Waals surface area contributed by atoms with Crippen LogP contribution >= 0.6 is 0 Å². The number of carbonyl (C=O) groups is 1. The quantitative estimate of drug-likeness (QED) is 0.754. The molecule has 1 aromatic rings. The Labute approximate surface area is 109 Å². The summed E-state index contributed by atoms with van der Waals surface area (Å²) in [7, 11) is 0. The highest BCUT2D eigenvalue weighted by Crippen LogP contribution is 2.15. The molecule has 0 radical (unpaired) electrons. The van der Waals surface area contributed by atoms with Gasteiger partial charge in [-0.2, -0.15) is 0 Å². The highest BCUT2D eigenvalue weighted by molar-refractivity contribution is 6.00. The van der Waals surface area contributed by atoms with Gasteiger partial charge in [0.05, 0.1) is 12.6 Å².